The number of hydrogen-bond donors (Lipinski definition) is 0. The fraction of sp³-hybridized carbons (Fsp3) is 0.103. The van der Waals surface area contributed by atoms with E-state index in [2.05, 4.69) is 121 Å². The maximum absolute atomic E-state index is 5.54. The number of rotatable bonds is 8. The van der Waals surface area contributed by atoms with E-state index in [1.54, 1.807) is 7.11 Å². The molecule has 4 aromatic rings. The molecule has 0 saturated heterocycles. The van der Waals surface area contributed by atoms with Crippen molar-refractivity contribution < 1.29 is 4.74 Å². The Morgan fingerprint density at radius 3 is 1.45 bits per heavy atom. The summed E-state index contributed by atoms with van der Waals surface area (Å²) < 4.78 is 5.54. The molecule has 0 spiro atoms. The Morgan fingerprint density at radius 1 is 0.581 bits per heavy atom. The van der Waals surface area contributed by atoms with Crippen LogP contribution in [0.15, 0.2) is 121 Å². The van der Waals surface area contributed by atoms with Crippen molar-refractivity contribution in [3.63, 3.8) is 0 Å². The molecule has 2 heteroatoms. The lowest BCUT2D eigenvalue weighted by atomic mass is 9.34. The first-order valence-electron chi connectivity index (χ1n) is 10.8. The Balaban J connectivity index is 2.03. The van der Waals surface area contributed by atoms with Crippen LogP contribution < -0.4 is 10.9 Å². The van der Waals surface area contributed by atoms with E-state index < -0.39 is 0 Å². The van der Waals surface area contributed by atoms with Crippen LogP contribution in [0.2, 0.25) is 0 Å². The molecular formula is C29H27BO. The SMILES string of the molecule is COCC/C(=C(\B(c1ccccc1)c1ccccc1)c1ccccc1)c1ccccc1. The molecule has 0 aromatic heterocycles. The third-order valence-corrected chi connectivity index (χ3v) is 5.64. The van der Waals surface area contributed by atoms with Gasteiger partial charge in [-0.25, -0.2) is 0 Å². The van der Waals surface area contributed by atoms with Gasteiger partial charge in [0.1, 0.15) is 0 Å². The zero-order chi connectivity index (χ0) is 21.3. The number of methoxy groups -OCH3 is 1. The minimum Gasteiger partial charge on any atom is -0.384 e. The molecule has 0 aliphatic rings. The van der Waals surface area contributed by atoms with Gasteiger partial charge in [-0.3, -0.25) is 0 Å². The highest BCUT2D eigenvalue weighted by molar-refractivity contribution is 7.00. The Kier molecular flexibility index (Phi) is 7.15. The van der Waals surface area contributed by atoms with Gasteiger partial charge in [-0.1, -0.05) is 138 Å². The van der Waals surface area contributed by atoms with Gasteiger partial charge in [0.05, 0.1) is 6.61 Å². The molecule has 0 heterocycles. The quantitative estimate of drug-likeness (QED) is 0.280. The highest BCUT2D eigenvalue weighted by Gasteiger charge is 2.28. The summed E-state index contributed by atoms with van der Waals surface area (Å²) in [5.74, 6) is 0. The minimum absolute atomic E-state index is 0.122. The molecule has 4 rings (SSSR count). The predicted molar refractivity (Wildman–Crippen MR) is 134 cm³/mol. The van der Waals surface area contributed by atoms with Crippen LogP contribution in [-0.2, 0) is 4.74 Å². The summed E-state index contributed by atoms with van der Waals surface area (Å²) in [6.07, 6.45) is 0.848. The lowest BCUT2D eigenvalue weighted by Crippen LogP contribution is -2.44. The van der Waals surface area contributed by atoms with Crippen molar-refractivity contribution in [2.45, 2.75) is 6.42 Å². The normalized spacial score (nSPS) is 11.6. The van der Waals surface area contributed by atoms with Gasteiger partial charge in [-0.15, -0.1) is 0 Å². The third kappa shape index (κ3) is 5.04. The van der Waals surface area contributed by atoms with Crippen molar-refractivity contribution in [3.05, 3.63) is 132 Å². The highest BCUT2D eigenvalue weighted by atomic mass is 16.5. The topological polar surface area (TPSA) is 9.23 Å². The summed E-state index contributed by atoms with van der Waals surface area (Å²) in [4.78, 5) is 0. The van der Waals surface area contributed by atoms with Gasteiger partial charge in [0, 0.05) is 7.11 Å². The smallest absolute Gasteiger partial charge is 0.242 e. The van der Waals surface area contributed by atoms with Crippen molar-refractivity contribution in [2.75, 3.05) is 13.7 Å². The van der Waals surface area contributed by atoms with Gasteiger partial charge in [-0.05, 0) is 23.1 Å². The molecule has 0 radical (unpaired) electrons. The second kappa shape index (κ2) is 10.6. The fourth-order valence-corrected chi connectivity index (χ4v) is 4.23. The average Bonchev–Trinajstić information content (AvgIpc) is 2.86. The van der Waals surface area contributed by atoms with E-state index in [1.807, 2.05) is 0 Å². The molecule has 152 valence electrons. The van der Waals surface area contributed by atoms with Gasteiger partial charge < -0.3 is 4.74 Å². The zero-order valence-corrected chi connectivity index (χ0v) is 17.9. The molecule has 4 aromatic carbocycles. The van der Waals surface area contributed by atoms with E-state index in [1.165, 1.54) is 33.1 Å². The van der Waals surface area contributed by atoms with Crippen molar-refractivity contribution in [3.8, 4) is 0 Å². The first-order valence-corrected chi connectivity index (χ1v) is 10.8. The summed E-state index contributed by atoms with van der Waals surface area (Å²) in [5, 5.41) is 0. The lowest BCUT2D eigenvalue weighted by molar-refractivity contribution is 0.206. The standard InChI is InChI=1S/C29H27BO/c1-31-23-22-28(24-14-6-2-7-15-24)29(25-16-8-3-9-17-25)30(26-18-10-4-11-19-26)27-20-12-5-13-21-27/h2-21H,22-23H2,1H3/b29-28+. The molecule has 0 amide bonds. The van der Waals surface area contributed by atoms with Crippen LogP contribution in [0.25, 0.3) is 11.0 Å². The predicted octanol–water partition coefficient (Wildman–Crippen LogP) is 5.48. The number of ether oxygens (including phenoxy) is 1. The zero-order valence-electron chi connectivity index (χ0n) is 17.9. The Morgan fingerprint density at radius 2 is 1.00 bits per heavy atom. The Bertz CT molecular complexity index is 1050. The van der Waals surface area contributed by atoms with Crippen LogP contribution >= 0.6 is 0 Å². The van der Waals surface area contributed by atoms with Crippen LogP contribution in [0, 0.1) is 0 Å². The Hall–Kier alpha value is -3.36. The van der Waals surface area contributed by atoms with Crippen molar-refractivity contribution in [1.82, 2.24) is 0 Å². The van der Waals surface area contributed by atoms with Gasteiger partial charge in [0.15, 0.2) is 0 Å². The summed E-state index contributed by atoms with van der Waals surface area (Å²) >= 11 is 0. The van der Waals surface area contributed by atoms with Crippen LogP contribution in [0.1, 0.15) is 17.5 Å². The van der Waals surface area contributed by atoms with Gasteiger partial charge in [-0.2, -0.15) is 0 Å². The molecule has 31 heavy (non-hydrogen) atoms. The average molecular weight is 402 g/mol. The molecule has 0 aliphatic heterocycles. The molecule has 0 fully saturated rings. The number of hydrogen-bond acceptors (Lipinski definition) is 1. The maximum atomic E-state index is 5.54. The van der Waals surface area contributed by atoms with Gasteiger partial charge in [0.25, 0.3) is 0 Å². The van der Waals surface area contributed by atoms with E-state index in [9.17, 15) is 0 Å². The fourth-order valence-electron chi connectivity index (χ4n) is 4.23. The molecule has 1 nitrogen and oxygen atoms in total. The molecule has 0 unspecified atom stereocenters. The second-order valence-corrected chi connectivity index (χ2v) is 7.62. The minimum atomic E-state index is 0.122. The monoisotopic (exact) mass is 402 g/mol. The van der Waals surface area contributed by atoms with Crippen LogP contribution in [0.4, 0.5) is 0 Å². The molecule has 0 atom stereocenters. The summed E-state index contributed by atoms with van der Waals surface area (Å²) in [6, 6.07) is 43.1. The Labute approximate surface area is 186 Å². The molecule has 0 saturated carbocycles. The highest BCUT2D eigenvalue weighted by Crippen LogP contribution is 2.31. The molecule has 0 bridgehead atoms. The van der Waals surface area contributed by atoms with E-state index in [0.717, 1.165) is 6.42 Å². The molecular weight excluding hydrogens is 375 g/mol. The first-order chi connectivity index (χ1) is 15.4. The van der Waals surface area contributed by atoms with Crippen LogP contribution in [-0.4, -0.2) is 20.4 Å². The summed E-state index contributed by atoms with van der Waals surface area (Å²) in [6.45, 7) is 0.800. The second-order valence-electron chi connectivity index (χ2n) is 7.62. The molecule has 0 aliphatic carbocycles. The van der Waals surface area contributed by atoms with E-state index in [0.29, 0.717) is 6.61 Å². The van der Waals surface area contributed by atoms with E-state index in [-0.39, 0.29) is 6.71 Å². The van der Waals surface area contributed by atoms with Crippen molar-refractivity contribution in [1.29, 1.82) is 0 Å². The van der Waals surface area contributed by atoms with E-state index >= 15 is 0 Å². The lowest BCUT2D eigenvalue weighted by Gasteiger charge is -2.24. The largest absolute Gasteiger partial charge is 0.384 e. The molecule has 0 N–H and O–H groups in total. The maximum Gasteiger partial charge on any atom is 0.242 e. The van der Waals surface area contributed by atoms with Crippen LogP contribution in [0.5, 0.6) is 0 Å². The van der Waals surface area contributed by atoms with Gasteiger partial charge in [0.2, 0.25) is 6.71 Å². The third-order valence-electron chi connectivity index (χ3n) is 5.64. The van der Waals surface area contributed by atoms with Gasteiger partial charge >= 0.3 is 0 Å². The van der Waals surface area contributed by atoms with E-state index in [4.69, 9.17) is 4.74 Å². The van der Waals surface area contributed by atoms with Crippen LogP contribution in [0.3, 0.4) is 0 Å². The number of benzene rings is 4. The summed E-state index contributed by atoms with van der Waals surface area (Å²) in [7, 11) is 1.77. The van der Waals surface area contributed by atoms with Crippen molar-refractivity contribution in [2.24, 2.45) is 0 Å². The van der Waals surface area contributed by atoms with Crippen molar-refractivity contribution >= 4 is 28.7 Å². The first kappa shape index (κ1) is 20.9. The summed E-state index contributed by atoms with van der Waals surface area (Å²) in [5.41, 5.74) is 7.73.